The molecule has 0 saturated heterocycles. The van der Waals surface area contributed by atoms with Crippen LogP contribution < -0.4 is 0 Å². The molecule has 0 N–H and O–H groups in total. The summed E-state index contributed by atoms with van der Waals surface area (Å²) in [5, 5.41) is 11.5. The third kappa shape index (κ3) is 2.02. The van der Waals surface area contributed by atoms with Gasteiger partial charge in [-0.2, -0.15) is 0 Å². The van der Waals surface area contributed by atoms with Crippen molar-refractivity contribution in [3.63, 3.8) is 0 Å². The number of nitrogens with zero attached hydrogens (tertiary/aromatic N) is 2. The van der Waals surface area contributed by atoms with Crippen LogP contribution in [0.4, 0.5) is 0 Å². The van der Waals surface area contributed by atoms with Crippen LogP contribution in [0.2, 0.25) is 0 Å². The predicted molar refractivity (Wildman–Crippen MR) is 74.5 cm³/mol. The van der Waals surface area contributed by atoms with Gasteiger partial charge in [0, 0.05) is 11.8 Å². The van der Waals surface area contributed by atoms with Crippen molar-refractivity contribution in [3.05, 3.63) is 59.4 Å². The largest absolute Gasteiger partial charge is 0.301 e. The summed E-state index contributed by atoms with van der Waals surface area (Å²) in [6, 6.07) is 12.1. The fourth-order valence-electron chi connectivity index (χ4n) is 2.28. The normalized spacial score (nSPS) is 11.1. The van der Waals surface area contributed by atoms with E-state index < -0.39 is 0 Å². The molecule has 0 atom stereocenters. The standard InChI is InChI=1S/C16H15N2O/c1-11-3-6-13(7-4-11)16-14(10-19)18-9-12(2)5-8-15(18)17-16/h3-9H,10H2,1-2H3. The van der Waals surface area contributed by atoms with Crippen molar-refractivity contribution in [2.24, 2.45) is 0 Å². The zero-order valence-corrected chi connectivity index (χ0v) is 11.1. The summed E-state index contributed by atoms with van der Waals surface area (Å²) < 4.78 is 1.90. The summed E-state index contributed by atoms with van der Waals surface area (Å²) in [5.74, 6) is 0. The Morgan fingerprint density at radius 1 is 1.00 bits per heavy atom. The molecule has 2 aromatic heterocycles. The summed E-state index contributed by atoms with van der Waals surface area (Å²) in [6.07, 6.45) is 1.97. The van der Waals surface area contributed by atoms with Gasteiger partial charge in [-0.15, -0.1) is 0 Å². The molecule has 0 amide bonds. The van der Waals surface area contributed by atoms with Crippen molar-refractivity contribution in [1.29, 1.82) is 0 Å². The Bertz CT molecular complexity index is 726. The van der Waals surface area contributed by atoms with E-state index in [1.165, 1.54) is 5.56 Å². The molecule has 0 bridgehead atoms. The molecule has 2 heterocycles. The highest BCUT2D eigenvalue weighted by atomic mass is 16.3. The van der Waals surface area contributed by atoms with Crippen LogP contribution in [0.15, 0.2) is 42.6 Å². The molecular formula is C16H15N2O. The van der Waals surface area contributed by atoms with Crippen LogP contribution in [0, 0.1) is 13.8 Å². The molecule has 0 aliphatic carbocycles. The minimum atomic E-state index is -0.270. The van der Waals surface area contributed by atoms with E-state index in [-0.39, 0.29) is 6.61 Å². The fraction of sp³-hybridized carbons (Fsp3) is 0.188. The van der Waals surface area contributed by atoms with E-state index in [0.717, 1.165) is 28.2 Å². The van der Waals surface area contributed by atoms with Gasteiger partial charge in [-0.05, 0) is 25.5 Å². The smallest absolute Gasteiger partial charge is 0.137 e. The second kappa shape index (κ2) is 4.52. The van der Waals surface area contributed by atoms with Crippen molar-refractivity contribution < 1.29 is 5.11 Å². The van der Waals surface area contributed by atoms with E-state index in [1.54, 1.807) is 0 Å². The Labute approximate surface area is 112 Å². The lowest BCUT2D eigenvalue weighted by Crippen LogP contribution is -1.94. The van der Waals surface area contributed by atoms with Gasteiger partial charge in [0.15, 0.2) is 0 Å². The van der Waals surface area contributed by atoms with Crippen molar-refractivity contribution in [2.45, 2.75) is 20.5 Å². The first-order valence-electron chi connectivity index (χ1n) is 6.32. The average molecular weight is 251 g/mol. The molecule has 1 radical (unpaired) electrons. The number of fused-ring (bicyclic) bond motifs is 1. The van der Waals surface area contributed by atoms with Gasteiger partial charge in [-0.1, -0.05) is 35.9 Å². The molecule has 95 valence electrons. The SMILES string of the molecule is Cc1ccc(-c2nc3ccc(C)cn3c2C[O])cc1. The zero-order valence-electron chi connectivity index (χ0n) is 11.1. The summed E-state index contributed by atoms with van der Waals surface area (Å²) in [4.78, 5) is 4.59. The monoisotopic (exact) mass is 251 g/mol. The van der Waals surface area contributed by atoms with Gasteiger partial charge in [0.05, 0.1) is 11.4 Å². The number of imidazole rings is 1. The van der Waals surface area contributed by atoms with Crippen molar-refractivity contribution in [2.75, 3.05) is 0 Å². The van der Waals surface area contributed by atoms with E-state index in [1.807, 2.05) is 60.8 Å². The number of pyridine rings is 1. The minimum absolute atomic E-state index is 0.270. The number of rotatable bonds is 2. The van der Waals surface area contributed by atoms with Crippen molar-refractivity contribution >= 4 is 5.65 Å². The average Bonchev–Trinajstić information content (AvgIpc) is 2.77. The van der Waals surface area contributed by atoms with Gasteiger partial charge < -0.3 is 4.40 Å². The van der Waals surface area contributed by atoms with Crippen molar-refractivity contribution in [1.82, 2.24) is 9.38 Å². The Morgan fingerprint density at radius 2 is 1.68 bits per heavy atom. The molecule has 0 spiro atoms. The molecule has 3 nitrogen and oxygen atoms in total. The molecule has 3 heteroatoms. The van der Waals surface area contributed by atoms with Crippen LogP contribution in [0.3, 0.4) is 0 Å². The van der Waals surface area contributed by atoms with Gasteiger partial charge in [0.1, 0.15) is 12.3 Å². The van der Waals surface area contributed by atoms with Crippen LogP contribution in [0.25, 0.3) is 16.9 Å². The van der Waals surface area contributed by atoms with E-state index >= 15 is 0 Å². The Hall–Kier alpha value is -2.13. The highest BCUT2D eigenvalue weighted by molar-refractivity contribution is 5.66. The predicted octanol–water partition coefficient (Wildman–Crippen LogP) is 3.55. The minimum Gasteiger partial charge on any atom is -0.301 e. The Kier molecular flexibility index (Phi) is 2.84. The summed E-state index contributed by atoms with van der Waals surface area (Å²) in [7, 11) is 0. The van der Waals surface area contributed by atoms with Gasteiger partial charge in [0.2, 0.25) is 0 Å². The third-order valence-electron chi connectivity index (χ3n) is 3.33. The molecule has 1 aromatic carbocycles. The van der Waals surface area contributed by atoms with Crippen molar-refractivity contribution in [3.8, 4) is 11.3 Å². The van der Waals surface area contributed by atoms with Gasteiger partial charge in [-0.3, -0.25) is 0 Å². The number of hydrogen-bond donors (Lipinski definition) is 0. The summed E-state index contributed by atoms with van der Waals surface area (Å²) in [5.41, 5.74) is 5.66. The topological polar surface area (TPSA) is 37.2 Å². The quantitative estimate of drug-likeness (QED) is 0.686. The van der Waals surface area contributed by atoms with E-state index in [2.05, 4.69) is 4.98 Å². The molecular weight excluding hydrogens is 236 g/mol. The van der Waals surface area contributed by atoms with Crippen LogP contribution >= 0.6 is 0 Å². The number of hydrogen-bond acceptors (Lipinski definition) is 1. The van der Waals surface area contributed by atoms with Gasteiger partial charge in [0.25, 0.3) is 0 Å². The maximum atomic E-state index is 11.5. The molecule has 0 fully saturated rings. The van der Waals surface area contributed by atoms with Gasteiger partial charge in [-0.25, -0.2) is 10.1 Å². The first-order valence-corrected chi connectivity index (χ1v) is 6.32. The maximum absolute atomic E-state index is 11.5. The molecule has 0 saturated carbocycles. The second-order valence-electron chi connectivity index (χ2n) is 4.85. The molecule has 0 aliphatic heterocycles. The lowest BCUT2D eigenvalue weighted by molar-refractivity contribution is 0.173. The number of aromatic nitrogens is 2. The first-order chi connectivity index (χ1) is 9.19. The summed E-state index contributed by atoms with van der Waals surface area (Å²) in [6.45, 7) is 3.79. The van der Waals surface area contributed by atoms with Crippen LogP contribution in [-0.2, 0) is 11.7 Å². The third-order valence-corrected chi connectivity index (χ3v) is 3.33. The van der Waals surface area contributed by atoms with Crippen LogP contribution in [0.1, 0.15) is 16.8 Å². The molecule has 0 aliphatic rings. The van der Waals surface area contributed by atoms with Crippen LogP contribution in [0.5, 0.6) is 0 Å². The fourth-order valence-corrected chi connectivity index (χ4v) is 2.28. The lowest BCUT2D eigenvalue weighted by Gasteiger charge is -2.02. The Morgan fingerprint density at radius 3 is 2.37 bits per heavy atom. The first kappa shape index (κ1) is 11.9. The molecule has 3 rings (SSSR count). The van der Waals surface area contributed by atoms with Gasteiger partial charge >= 0.3 is 0 Å². The number of aryl methyl sites for hydroxylation is 2. The molecule has 0 unspecified atom stereocenters. The molecule has 19 heavy (non-hydrogen) atoms. The van der Waals surface area contributed by atoms with E-state index in [9.17, 15) is 5.11 Å². The molecule has 3 aromatic rings. The highest BCUT2D eigenvalue weighted by Gasteiger charge is 2.13. The van der Waals surface area contributed by atoms with E-state index in [4.69, 9.17) is 0 Å². The van der Waals surface area contributed by atoms with Crippen LogP contribution in [-0.4, -0.2) is 9.38 Å². The second-order valence-corrected chi connectivity index (χ2v) is 4.85. The lowest BCUT2D eigenvalue weighted by atomic mass is 10.1. The maximum Gasteiger partial charge on any atom is 0.137 e. The zero-order chi connectivity index (χ0) is 13.4. The van der Waals surface area contributed by atoms with E-state index in [0.29, 0.717) is 0 Å². The number of benzene rings is 1. The highest BCUT2D eigenvalue weighted by Crippen LogP contribution is 2.25. The summed E-state index contributed by atoms with van der Waals surface area (Å²) >= 11 is 0. The Balaban J connectivity index is 2.25.